The van der Waals surface area contributed by atoms with Crippen LogP contribution in [0.25, 0.3) is 38.5 Å². The van der Waals surface area contributed by atoms with E-state index in [4.69, 9.17) is 4.42 Å². The third-order valence-corrected chi connectivity index (χ3v) is 5.76. The topological polar surface area (TPSA) is 18.1 Å². The molecular formula is C24H19NO. The molecule has 2 aromatic heterocycles. The molecule has 0 spiro atoms. The van der Waals surface area contributed by atoms with E-state index in [0.29, 0.717) is 0 Å². The third-order valence-electron chi connectivity index (χ3n) is 5.76. The summed E-state index contributed by atoms with van der Waals surface area (Å²) in [5.41, 5.74) is 6.12. The first kappa shape index (κ1) is 14.2. The minimum Gasteiger partial charge on any atom is -0.461 e. The van der Waals surface area contributed by atoms with Gasteiger partial charge in [0, 0.05) is 39.9 Å². The average molecular weight is 337 g/mol. The van der Waals surface area contributed by atoms with Crippen LogP contribution in [0.15, 0.2) is 71.1 Å². The van der Waals surface area contributed by atoms with Gasteiger partial charge in [0.05, 0.1) is 11.0 Å². The van der Waals surface area contributed by atoms with Crippen molar-refractivity contribution in [2.24, 2.45) is 0 Å². The summed E-state index contributed by atoms with van der Waals surface area (Å²) in [6.07, 6.45) is 4.73. The monoisotopic (exact) mass is 337 g/mol. The minimum atomic E-state index is 1.03. The van der Waals surface area contributed by atoms with Gasteiger partial charge < -0.3 is 8.98 Å². The molecule has 2 heterocycles. The Morgan fingerprint density at radius 3 is 2.42 bits per heavy atom. The summed E-state index contributed by atoms with van der Waals surface area (Å²) >= 11 is 0. The Bertz CT molecular complexity index is 1270. The predicted octanol–water partition coefficient (Wildman–Crippen LogP) is 6.41. The van der Waals surface area contributed by atoms with Crippen molar-refractivity contribution in [3.05, 3.63) is 78.1 Å². The van der Waals surface area contributed by atoms with E-state index in [9.17, 15) is 0 Å². The number of para-hydroxylation sites is 2. The van der Waals surface area contributed by atoms with Crippen molar-refractivity contribution >= 4 is 32.8 Å². The summed E-state index contributed by atoms with van der Waals surface area (Å²) in [6, 6.07) is 23.9. The predicted molar refractivity (Wildman–Crippen MR) is 107 cm³/mol. The number of aryl methyl sites for hydroxylation is 2. The number of nitrogens with zero attached hydrogens (tertiary/aromatic N) is 1. The molecule has 1 aliphatic rings. The van der Waals surface area contributed by atoms with Gasteiger partial charge in [0.1, 0.15) is 11.3 Å². The molecule has 26 heavy (non-hydrogen) atoms. The van der Waals surface area contributed by atoms with E-state index in [-0.39, 0.29) is 0 Å². The van der Waals surface area contributed by atoms with Crippen molar-refractivity contribution in [3.8, 4) is 5.69 Å². The van der Waals surface area contributed by atoms with E-state index in [1.54, 1.807) is 0 Å². The fraction of sp³-hybridized carbons (Fsp3) is 0.167. The molecule has 126 valence electrons. The van der Waals surface area contributed by atoms with Crippen LogP contribution in [-0.4, -0.2) is 4.57 Å². The Hall–Kier alpha value is -3.00. The van der Waals surface area contributed by atoms with Crippen LogP contribution in [0.3, 0.4) is 0 Å². The second kappa shape index (κ2) is 5.25. The minimum absolute atomic E-state index is 1.03. The summed E-state index contributed by atoms with van der Waals surface area (Å²) in [5.74, 6) is 1.20. The molecule has 0 bridgehead atoms. The molecule has 0 saturated carbocycles. The van der Waals surface area contributed by atoms with Crippen LogP contribution in [0.5, 0.6) is 0 Å². The molecule has 0 radical (unpaired) electrons. The van der Waals surface area contributed by atoms with Gasteiger partial charge in [-0.25, -0.2) is 0 Å². The van der Waals surface area contributed by atoms with Crippen LogP contribution in [-0.2, 0) is 12.8 Å². The molecule has 0 unspecified atom stereocenters. The highest BCUT2D eigenvalue weighted by molar-refractivity contribution is 6.13. The van der Waals surface area contributed by atoms with E-state index < -0.39 is 0 Å². The van der Waals surface area contributed by atoms with Gasteiger partial charge in [0.25, 0.3) is 0 Å². The van der Waals surface area contributed by atoms with Crippen LogP contribution < -0.4 is 0 Å². The molecule has 6 rings (SSSR count). The summed E-state index contributed by atoms with van der Waals surface area (Å²) in [4.78, 5) is 0. The fourth-order valence-electron chi connectivity index (χ4n) is 4.58. The van der Waals surface area contributed by atoms with Crippen LogP contribution in [0.2, 0.25) is 0 Å². The quantitative estimate of drug-likeness (QED) is 0.346. The van der Waals surface area contributed by atoms with Crippen molar-refractivity contribution in [1.29, 1.82) is 0 Å². The molecule has 0 fully saturated rings. The number of benzene rings is 3. The van der Waals surface area contributed by atoms with Gasteiger partial charge in [-0.2, -0.15) is 0 Å². The SMILES string of the molecule is c1ccc(-n2c3ccccc3c3cc4c5c(oc4cc32)CCCC5)cc1. The van der Waals surface area contributed by atoms with Gasteiger partial charge in [0.2, 0.25) is 0 Å². The largest absolute Gasteiger partial charge is 0.461 e. The Labute approximate surface area is 151 Å². The van der Waals surface area contributed by atoms with Gasteiger partial charge in [-0.15, -0.1) is 0 Å². The molecule has 1 aliphatic carbocycles. The van der Waals surface area contributed by atoms with E-state index in [1.807, 2.05) is 0 Å². The zero-order chi connectivity index (χ0) is 17.1. The summed E-state index contributed by atoms with van der Waals surface area (Å²) in [6.45, 7) is 0. The van der Waals surface area contributed by atoms with Gasteiger partial charge in [0.15, 0.2) is 0 Å². The lowest BCUT2D eigenvalue weighted by Crippen LogP contribution is -1.98. The van der Waals surface area contributed by atoms with Crippen molar-refractivity contribution in [3.63, 3.8) is 0 Å². The first-order valence-corrected chi connectivity index (χ1v) is 9.43. The molecular weight excluding hydrogens is 318 g/mol. The summed E-state index contributed by atoms with van der Waals surface area (Å²) in [7, 11) is 0. The molecule has 0 aliphatic heterocycles. The molecule has 0 atom stereocenters. The van der Waals surface area contributed by atoms with Crippen LogP contribution in [0.1, 0.15) is 24.2 Å². The smallest absolute Gasteiger partial charge is 0.136 e. The van der Waals surface area contributed by atoms with E-state index >= 15 is 0 Å². The summed E-state index contributed by atoms with van der Waals surface area (Å²) in [5, 5.41) is 3.92. The highest BCUT2D eigenvalue weighted by Crippen LogP contribution is 2.38. The van der Waals surface area contributed by atoms with Gasteiger partial charge in [-0.3, -0.25) is 0 Å². The number of hydrogen-bond acceptors (Lipinski definition) is 1. The Kier molecular flexibility index (Phi) is 2.87. The molecule has 0 saturated heterocycles. The second-order valence-electron chi connectivity index (χ2n) is 7.26. The highest BCUT2D eigenvalue weighted by atomic mass is 16.3. The number of fused-ring (bicyclic) bond motifs is 6. The standard InChI is InChI=1S/C24H19NO/c1-2-8-16(9-3-1)25-21-12-6-4-10-17(21)19-14-20-18-11-5-7-13-23(18)26-24(20)15-22(19)25/h1-4,6,8-10,12,14-15H,5,7,11,13H2. The molecule has 3 aromatic carbocycles. The third kappa shape index (κ3) is 1.87. The van der Waals surface area contributed by atoms with Crippen molar-refractivity contribution in [2.75, 3.05) is 0 Å². The zero-order valence-electron chi connectivity index (χ0n) is 14.5. The Morgan fingerprint density at radius 1 is 0.692 bits per heavy atom. The van der Waals surface area contributed by atoms with Gasteiger partial charge in [-0.1, -0.05) is 36.4 Å². The molecule has 2 heteroatoms. The van der Waals surface area contributed by atoms with Crippen LogP contribution >= 0.6 is 0 Å². The first-order chi connectivity index (χ1) is 12.9. The average Bonchev–Trinajstić information content (AvgIpc) is 3.22. The lowest BCUT2D eigenvalue weighted by molar-refractivity contribution is 0.506. The number of furan rings is 1. The Balaban J connectivity index is 1.78. The number of hydrogen-bond donors (Lipinski definition) is 0. The van der Waals surface area contributed by atoms with E-state index in [2.05, 4.69) is 71.3 Å². The highest BCUT2D eigenvalue weighted by Gasteiger charge is 2.20. The normalized spacial score (nSPS) is 14.3. The molecule has 2 nitrogen and oxygen atoms in total. The number of aromatic nitrogens is 1. The van der Waals surface area contributed by atoms with Crippen LogP contribution in [0, 0.1) is 0 Å². The Morgan fingerprint density at radius 2 is 1.50 bits per heavy atom. The molecule has 0 N–H and O–H groups in total. The van der Waals surface area contributed by atoms with Crippen molar-refractivity contribution in [2.45, 2.75) is 25.7 Å². The van der Waals surface area contributed by atoms with Crippen molar-refractivity contribution < 1.29 is 4.42 Å². The van der Waals surface area contributed by atoms with E-state index in [1.165, 1.54) is 57.0 Å². The fourth-order valence-corrected chi connectivity index (χ4v) is 4.58. The molecule has 0 amide bonds. The maximum Gasteiger partial charge on any atom is 0.136 e. The van der Waals surface area contributed by atoms with Gasteiger partial charge in [-0.05, 0) is 43.5 Å². The molecule has 5 aromatic rings. The van der Waals surface area contributed by atoms with Crippen molar-refractivity contribution in [1.82, 2.24) is 4.57 Å². The van der Waals surface area contributed by atoms with Crippen LogP contribution in [0.4, 0.5) is 0 Å². The maximum atomic E-state index is 6.27. The zero-order valence-corrected chi connectivity index (χ0v) is 14.5. The second-order valence-corrected chi connectivity index (χ2v) is 7.26. The lowest BCUT2D eigenvalue weighted by Gasteiger charge is -2.08. The first-order valence-electron chi connectivity index (χ1n) is 9.43. The lowest BCUT2D eigenvalue weighted by atomic mass is 9.95. The summed E-state index contributed by atoms with van der Waals surface area (Å²) < 4.78 is 8.62. The maximum absolute atomic E-state index is 6.27. The van der Waals surface area contributed by atoms with Gasteiger partial charge >= 0.3 is 0 Å². The number of rotatable bonds is 1. The van der Waals surface area contributed by atoms with E-state index in [0.717, 1.165) is 18.4 Å².